The summed E-state index contributed by atoms with van der Waals surface area (Å²) in [5.41, 5.74) is 5.80. The lowest BCUT2D eigenvalue weighted by Crippen LogP contribution is -2.36. The summed E-state index contributed by atoms with van der Waals surface area (Å²) in [5.74, 6) is -1.90. The van der Waals surface area contributed by atoms with Crippen molar-refractivity contribution in [2.75, 3.05) is 18.0 Å². The fraction of sp³-hybridized carbons (Fsp3) is 0.417. The predicted molar refractivity (Wildman–Crippen MR) is 60.5 cm³/mol. The molecule has 0 saturated heterocycles. The molecule has 1 aliphatic rings. The van der Waals surface area contributed by atoms with Crippen LogP contribution in [0.15, 0.2) is 18.2 Å². The molecule has 0 heterocycles. The Morgan fingerprint density at radius 2 is 2.06 bits per heavy atom. The van der Waals surface area contributed by atoms with E-state index in [4.69, 9.17) is 5.73 Å². The Labute approximate surface area is 98.2 Å². The first-order valence-electron chi connectivity index (χ1n) is 5.60. The van der Waals surface area contributed by atoms with Crippen LogP contribution < -0.4 is 10.6 Å². The maximum atomic E-state index is 13.1. The van der Waals surface area contributed by atoms with E-state index in [0.717, 1.165) is 25.0 Å². The summed E-state index contributed by atoms with van der Waals surface area (Å²) in [4.78, 5) is 13.4. The van der Waals surface area contributed by atoms with Gasteiger partial charge in [-0.3, -0.25) is 4.79 Å². The van der Waals surface area contributed by atoms with Crippen LogP contribution in [-0.4, -0.2) is 19.0 Å². The summed E-state index contributed by atoms with van der Waals surface area (Å²) in [6.07, 6.45) is 1.73. The molecule has 92 valence electrons. The van der Waals surface area contributed by atoms with Gasteiger partial charge in [-0.25, -0.2) is 8.78 Å². The highest BCUT2D eigenvalue weighted by Crippen LogP contribution is 2.32. The van der Waals surface area contributed by atoms with Crippen molar-refractivity contribution in [3.8, 4) is 0 Å². The first-order chi connectivity index (χ1) is 8.13. The molecule has 0 aromatic heterocycles. The van der Waals surface area contributed by atoms with Crippen molar-refractivity contribution in [3.63, 3.8) is 0 Å². The van der Waals surface area contributed by atoms with E-state index in [9.17, 15) is 13.6 Å². The second-order valence-corrected chi connectivity index (χ2v) is 4.15. The van der Waals surface area contributed by atoms with Crippen molar-refractivity contribution in [2.45, 2.75) is 12.8 Å². The van der Waals surface area contributed by atoms with Gasteiger partial charge in [-0.15, -0.1) is 0 Å². The summed E-state index contributed by atoms with van der Waals surface area (Å²) in [6.45, 7) is 0.609. The van der Waals surface area contributed by atoms with Crippen LogP contribution in [0, 0.1) is 17.6 Å². The Kier molecular flexibility index (Phi) is 3.38. The van der Waals surface area contributed by atoms with Gasteiger partial charge in [0.2, 0.25) is 5.91 Å². The third-order valence-electron chi connectivity index (χ3n) is 2.76. The van der Waals surface area contributed by atoms with Crippen LogP contribution in [0.3, 0.4) is 0 Å². The van der Waals surface area contributed by atoms with E-state index in [-0.39, 0.29) is 18.4 Å². The van der Waals surface area contributed by atoms with E-state index in [1.165, 1.54) is 11.0 Å². The maximum Gasteiger partial charge on any atom is 0.230 e. The zero-order chi connectivity index (χ0) is 12.4. The number of benzene rings is 1. The first kappa shape index (κ1) is 12.0. The molecular formula is C12H14F2N2O. The SMILES string of the molecule is NCCN(C(=O)C1CC1)c1ccc(F)c(F)c1. The molecule has 0 atom stereocenters. The Morgan fingerprint density at radius 1 is 1.35 bits per heavy atom. The minimum Gasteiger partial charge on any atom is -0.329 e. The van der Waals surface area contributed by atoms with Crippen LogP contribution in [0.5, 0.6) is 0 Å². The lowest BCUT2D eigenvalue weighted by Gasteiger charge is -2.22. The Morgan fingerprint density at radius 3 is 2.59 bits per heavy atom. The van der Waals surface area contributed by atoms with Gasteiger partial charge in [0.1, 0.15) is 0 Å². The summed E-state index contributed by atoms with van der Waals surface area (Å²) in [7, 11) is 0. The molecule has 5 heteroatoms. The van der Waals surface area contributed by atoms with Gasteiger partial charge in [0, 0.05) is 30.8 Å². The van der Waals surface area contributed by atoms with Crippen LogP contribution >= 0.6 is 0 Å². The van der Waals surface area contributed by atoms with Gasteiger partial charge < -0.3 is 10.6 Å². The lowest BCUT2D eigenvalue weighted by molar-refractivity contribution is -0.119. The zero-order valence-corrected chi connectivity index (χ0v) is 9.33. The van der Waals surface area contributed by atoms with Gasteiger partial charge in [0.25, 0.3) is 0 Å². The smallest absolute Gasteiger partial charge is 0.230 e. The normalized spacial score (nSPS) is 14.8. The lowest BCUT2D eigenvalue weighted by atomic mass is 10.2. The molecule has 0 aliphatic heterocycles. The monoisotopic (exact) mass is 240 g/mol. The van der Waals surface area contributed by atoms with Crippen molar-refractivity contribution in [1.29, 1.82) is 0 Å². The molecule has 0 bridgehead atoms. The molecule has 0 radical (unpaired) electrons. The number of halogens is 2. The van der Waals surface area contributed by atoms with Crippen molar-refractivity contribution in [2.24, 2.45) is 11.7 Å². The number of rotatable bonds is 4. The quantitative estimate of drug-likeness (QED) is 0.870. The third-order valence-corrected chi connectivity index (χ3v) is 2.76. The first-order valence-corrected chi connectivity index (χ1v) is 5.60. The molecule has 1 amide bonds. The summed E-state index contributed by atoms with van der Waals surface area (Å²) >= 11 is 0. The van der Waals surface area contributed by atoms with Gasteiger partial charge in [-0.1, -0.05) is 0 Å². The number of nitrogens with two attached hydrogens (primary N) is 1. The van der Waals surface area contributed by atoms with Crippen LogP contribution in [-0.2, 0) is 4.79 Å². The molecule has 2 rings (SSSR count). The summed E-state index contributed by atoms with van der Waals surface area (Å²) in [5, 5.41) is 0. The Balaban J connectivity index is 2.24. The molecule has 3 nitrogen and oxygen atoms in total. The van der Waals surface area contributed by atoms with Crippen molar-refractivity contribution in [3.05, 3.63) is 29.8 Å². The highest BCUT2D eigenvalue weighted by atomic mass is 19.2. The van der Waals surface area contributed by atoms with Crippen LogP contribution in [0.2, 0.25) is 0 Å². The topological polar surface area (TPSA) is 46.3 Å². The molecule has 1 saturated carbocycles. The van der Waals surface area contributed by atoms with Gasteiger partial charge in [-0.2, -0.15) is 0 Å². The zero-order valence-electron chi connectivity index (χ0n) is 9.33. The molecule has 1 aromatic rings. The standard InChI is InChI=1S/C12H14F2N2O/c13-10-4-3-9(7-11(10)14)16(6-5-15)12(17)8-1-2-8/h3-4,7-8H,1-2,5-6,15H2. The number of amides is 1. The molecule has 2 N–H and O–H groups in total. The maximum absolute atomic E-state index is 13.1. The fourth-order valence-corrected chi connectivity index (χ4v) is 1.70. The number of hydrogen-bond acceptors (Lipinski definition) is 2. The van der Waals surface area contributed by atoms with Gasteiger partial charge >= 0.3 is 0 Å². The Bertz CT molecular complexity index is 433. The van der Waals surface area contributed by atoms with Crippen molar-refractivity contribution < 1.29 is 13.6 Å². The molecule has 1 aliphatic carbocycles. The largest absolute Gasteiger partial charge is 0.329 e. The van der Waals surface area contributed by atoms with E-state index >= 15 is 0 Å². The van der Waals surface area contributed by atoms with Crippen LogP contribution in [0.4, 0.5) is 14.5 Å². The molecule has 1 aromatic carbocycles. The summed E-state index contributed by atoms with van der Waals surface area (Å²) < 4.78 is 25.9. The van der Waals surface area contributed by atoms with Crippen LogP contribution in [0.1, 0.15) is 12.8 Å². The second kappa shape index (κ2) is 4.79. The average molecular weight is 240 g/mol. The molecule has 0 unspecified atom stereocenters. The van der Waals surface area contributed by atoms with Crippen molar-refractivity contribution >= 4 is 11.6 Å². The van der Waals surface area contributed by atoms with Gasteiger partial charge in [-0.05, 0) is 25.0 Å². The number of hydrogen-bond donors (Lipinski definition) is 1. The number of nitrogens with zero attached hydrogens (tertiary/aromatic N) is 1. The van der Waals surface area contributed by atoms with Gasteiger partial charge in [0.05, 0.1) is 0 Å². The molecule has 1 fully saturated rings. The molecule has 17 heavy (non-hydrogen) atoms. The fourth-order valence-electron chi connectivity index (χ4n) is 1.70. The predicted octanol–water partition coefficient (Wildman–Crippen LogP) is 1.67. The average Bonchev–Trinajstić information content (AvgIpc) is 3.13. The third kappa shape index (κ3) is 2.61. The number of carbonyl (C=O) groups excluding carboxylic acids is 1. The number of anilines is 1. The highest BCUT2D eigenvalue weighted by Gasteiger charge is 2.33. The second-order valence-electron chi connectivity index (χ2n) is 4.15. The van der Waals surface area contributed by atoms with E-state index in [2.05, 4.69) is 0 Å². The Hall–Kier alpha value is -1.49. The van der Waals surface area contributed by atoms with E-state index < -0.39 is 11.6 Å². The van der Waals surface area contributed by atoms with Crippen LogP contribution in [0.25, 0.3) is 0 Å². The van der Waals surface area contributed by atoms with E-state index in [0.29, 0.717) is 12.2 Å². The molecule has 0 spiro atoms. The minimum absolute atomic E-state index is 0.0228. The minimum atomic E-state index is -0.951. The van der Waals surface area contributed by atoms with Crippen molar-refractivity contribution in [1.82, 2.24) is 0 Å². The van der Waals surface area contributed by atoms with Gasteiger partial charge in [0.15, 0.2) is 11.6 Å². The summed E-state index contributed by atoms with van der Waals surface area (Å²) in [6, 6.07) is 3.45. The number of carbonyl (C=O) groups is 1. The van der Waals surface area contributed by atoms with E-state index in [1.807, 2.05) is 0 Å². The van der Waals surface area contributed by atoms with E-state index in [1.54, 1.807) is 0 Å². The highest BCUT2D eigenvalue weighted by molar-refractivity contribution is 5.96. The molecular weight excluding hydrogens is 226 g/mol.